The molecular formula is C31H30N4O4S. The number of nitrogens with zero attached hydrogens (tertiary/aromatic N) is 3. The maximum atomic E-state index is 6.67. The Kier molecular flexibility index (Phi) is 8.36. The SMILES string of the molecule is S=c1nc[nH]c2c1ncn2[C@@H]1O[C@@H](COCc2ccccc2)[C@@H](OCc2ccccc2)[C@@H]1OCc1ccccc1. The molecule has 0 amide bonds. The van der Waals surface area contributed by atoms with E-state index in [9.17, 15) is 0 Å². The average Bonchev–Trinajstić information content (AvgIpc) is 3.58. The van der Waals surface area contributed by atoms with Crippen LogP contribution in [0.5, 0.6) is 0 Å². The van der Waals surface area contributed by atoms with Gasteiger partial charge in [-0.25, -0.2) is 9.97 Å². The predicted molar refractivity (Wildman–Crippen MR) is 153 cm³/mol. The first-order valence-electron chi connectivity index (χ1n) is 13.2. The highest BCUT2D eigenvalue weighted by atomic mass is 32.1. The lowest BCUT2D eigenvalue weighted by Crippen LogP contribution is -2.38. The van der Waals surface area contributed by atoms with Crippen LogP contribution in [0.3, 0.4) is 0 Å². The van der Waals surface area contributed by atoms with E-state index >= 15 is 0 Å². The van der Waals surface area contributed by atoms with Crippen molar-refractivity contribution in [3.63, 3.8) is 0 Å². The molecule has 40 heavy (non-hydrogen) atoms. The highest BCUT2D eigenvalue weighted by Gasteiger charge is 2.48. The first-order chi connectivity index (χ1) is 19.8. The first kappa shape index (κ1) is 26.5. The van der Waals surface area contributed by atoms with Crippen molar-refractivity contribution >= 4 is 23.4 Å². The topological polar surface area (TPSA) is 83.4 Å². The maximum absolute atomic E-state index is 6.67. The van der Waals surface area contributed by atoms with Gasteiger partial charge in [0.2, 0.25) is 0 Å². The molecule has 1 aliphatic heterocycles. The van der Waals surface area contributed by atoms with Gasteiger partial charge in [0.15, 0.2) is 10.9 Å². The largest absolute Gasteiger partial charge is 0.374 e. The van der Waals surface area contributed by atoms with E-state index in [4.69, 9.17) is 31.2 Å². The van der Waals surface area contributed by atoms with Crippen LogP contribution in [0.15, 0.2) is 104 Å². The molecule has 1 fully saturated rings. The Morgan fingerprint density at radius 1 is 0.750 bits per heavy atom. The zero-order valence-electron chi connectivity index (χ0n) is 21.8. The summed E-state index contributed by atoms with van der Waals surface area (Å²) in [6.45, 7) is 1.62. The highest BCUT2D eigenvalue weighted by Crippen LogP contribution is 2.36. The fraction of sp³-hybridized carbons (Fsp3) is 0.258. The third-order valence-corrected chi connectivity index (χ3v) is 7.20. The van der Waals surface area contributed by atoms with Crippen LogP contribution in [0.2, 0.25) is 0 Å². The molecular weight excluding hydrogens is 524 g/mol. The number of rotatable bonds is 11. The number of fused-ring (bicyclic) bond motifs is 1. The van der Waals surface area contributed by atoms with Gasteiger partial charge in [-0.05, 0) is 16.7 Å². The number of H-pyrrole nitrogens is 1. The number of aromatic amines is 1. The van der Waals surface area contributed by atoms with E-state index < -0.39 is 18.4 Å². The fourth-order valence-electron chi connectivity index (χ4n) is 4.91. The Hall–Kier alpha value is -3.73. The molecule has 0 spiro atoms. The lowest BCUT2D eigenvalue weighted by Gasteiger charge is -2.25. The van der Waals surface area contributed by atoms with Crippen molar-refractivity contribution < 1.29 is 18.9 Å². The third kappa shape index (κ3) is 6.04. The zero-order chi connectivity index (χ0) is 27.1. The number of hydrogen-bond donors (Lipinski definition) is 1. The number of hydrogen-bond acceptors (Lipinski definition) is 7. The number of nitrogens with one attached hydrogen (secondary N) is 1. The van der Waals surface area contributed by atoms with Crippen molar-refractivity contribution in [2.24, 2.45) is 0 Å². The van der Waals surface area contributed by atoms with Gasteiger partial charge < -0.3 is 23.9 Å². The van der Waals surface area contributed by atoms with Crippen molar-refractivity contribution in [1.29, 1.82) is 0 Å². The van der Waals surface area contributed by atoms with Crippen LogP contribution in [-0.2, 0) is 38.8 Å². The average molecular weight is 555 g/mol. The van der Waals surface area contributed by atoms with E-state index in [1.54, 1.807) is 12.7 Å². The van der Waals surface area contributed by atoms with E-state index in [0.29, 0.717) is 42.2 Å². The zero-order valence-corrected chi connectivity index (χ0v) is 22.7. The number of benzene rings is 3. The molecule has 2 aromatic heterocycles. The van der Waals surface area contributed by atoms with Crippen LogP contribution in [0, 0.1) is 4.64 Å². The van der Waals surface area contributed by atoms with E-state index in [1.165, 1.54) is 0 Å². The number of aromatic nitrogens is 4. The molecule has 0 saturated carbocycles. The van der Waals surface area contributed by atoms with Crippen LogP contribution < -0.4 is 0 Å². The minimum absolute atomic E-state index is 0.334. The second kappa shape index (κ2) is 12.6. The van der Waals surface area contributed by atoms with Gasteiger partial charge in [-0.2, -0.15) is 0 Å². The summed E-state index contributed by atoms with van der Waals surface area (Å²) in [6.07, 6.45) is 1.49. The molecule has 6 rings (SSSR count). The van der Waals surface area contributed by atoms with E-state index in [1.807, 2.05) is 95.6 Å². The van der Waals surface area contributed by atoms with Gasteiger partial charge >= 0.3 is 0 Å². The monoisotopic (exact) mass is 554 g/mol. The second-order valence-corrected chi connectivity index (χ2v) is 10.0. The smallest absolute Gasteiger partial charge is 0.166 e. The van der Waals surface area contributed by atoms with Gasteiger partial charge in [-0.3, -0.25) is 4.57 Å². The number of ether oxygens (including phenoxy) is 4. The van der Waals surface area contributed by atoms with Crippen LogP contribution in [0.25, 0.3) is 11.2 Å². The lowest BCUT2D eigenvalue weighted by molar-refractivity contribution is -0.0913. The summed E-state index contributed by atoms with van der Waals surface area (Å²) in [4.78, 5) is 11.9. The molecule has 8 nitrogen and oxygen atoms in total. The molecule has 5 aromatic rings. The predicted octanol–water partition coefficient (Wildman–Crippen LogP) is 5.77. The molecule has 204 valence electrons. The highest BCUT2D eigenvalue weighted by molar-refractivity contribution is 7.71. The summed E-state index contributed by atoms with van der Waals surface area (Å²) in [6, 6.07) is 30.3. The Bertz CT molecular complexity index is 1560. The Morgan fingerprint density at radius 3 is 1.95 bits per heavy atom. The fourth-order valence-corrected chi connectivity index (χ4v) is 5.11. The molecule has 4 atom stereocenters. The van der Waals surface area contributed by atoms with E-state index in [2.05, 4.69) is 15.0 Å². The quantitative estimate of drug-likeness (QED) is 0.208. The summed E-state index contributed by atoms with van der Waals surface area (Å²) >= 11 is 5.41. The molecule has 0 unspecified atom stereocenters. The van der Waals surface area contributed by atoms with Crippen molar-refractivity contribution in [2.45, 2.75) is 44.4 Å². The van der Waals surface area contributed by atoms with Crippen molar-refractivity contribution in [1.82, 2.24) is 19.5 Å². The van der Waals surface area contributed by atoms with Gasteiger partial charge in [0.1, 0.15) is 29.5 Å². The van der Waals surface area contributed by atoms with Gasteiger partial charge in [0, 0.05) is 0 Å². The first-order valence-corrected chi connectivity index (χ1v) is 13.7. The minimum atomic E-state index is -0.534. The maximum Gasteiger partial charge on any atom is 0.166 e. The lowest BCUT2D eigenvalue weighted by atomic mass is 10.1. The summed E-state index contributed by atoms with van der Waals surface area (Å²) < 4.78 is 28.3. The Labute approximate surface area is 237 Å². The van der Waals surface area contributed by atoms with Crippen molar-refractivity contribution in [2.75, 3.05) is 6.61 Å². The van der Waals surface area contributed by atoms with Crippen LogP contribution in [0.4, 0.5) is 0 Å². The van der Waals surface area contributed by atoms with Gasteiger partial charge in [0.05, 0.1) is 39.1 Å². The molecule has 1 saturated heterocycles. The van der Waals surface area contributed by atoms with Crippen LogP contribution in [-0.4, -0.2) is 44.4 Å². The molecule has 0 aliphatic carbocycles. The minimum Gasteiger partial charge on any atom is -0.374 e. The van der Waals surface area contributed by atoms with Gasteiger partial charge in [0.25, 0.3) is 0 Å². The molecule has 9 heteroatoms. The van der Waals surface area contributed by atoms with Crippen molar-refractivity contribution in [3.8, 4) is 0 Å². The summed E-state index contributed by atoms with van der Waals surface area (Å²) in [5.41, 5.74) is 4.54. The molecule has 1 N–H and O–H groups in total. The second-order valence-electron chi connectivity index (χ2n) is 9.65. The van der Waals surface area contributed by atoms with Crippen molar-refractivity contribution in [3.05, 3.63) is 125 Å². The Morgan fingerprint density at radius 2 is 1.32 bits per heavy atom. The summed E-state index contributed by atoms with van der Waals surface area (Å²) in [5, 5.41) is 0. The molecule has 1 aliphatic rings. The van der Waals surface area contributed by atoms with Gasteiger partial charge in [-0.1, -0.05) is 103 Å². The molecule has 0 bridgehead atoms. The number of imidazole rings is 1. The van der Waals surface area contributed by atoms with Crippen LogP contribution >= 0.6 is 12.2 Å². The third-order valence-electron chi connectivity index (χ3n) is 6.90. The summed E-state index contributed by atoms with van der Waals surface area (Å²) in [7, 11) is 0. The Balaban J connectivity index is 1.30. The van der Waals surface area contributed by atoms with E-state index in [0.717, 1.165) is 16.7 Å². The summed E-state index contributed by atoms with van der Waals surface area (Å²) in [5.74, 6) is 0. The molecule has 3 heterocycles. The standard InChI is InChI=1S/C31H30N4O4S/c40-30-26-29(32-20-33-30)35(21-34-26)31-28(38-18-24-14-8-3-9-15-24)27(37-17-23-12-6-2-7-13-23)25(39-31)19-36-16-22-10-4-1-5-11-22/h1-15,20-21,25,27-28,31H,16-19H2,(H,32,33,40)/t25-,27+,28-,31+/m0/s1. The van der Waals surface area contributed by atoms with Crippen LogP contribution in [0.1, 0.15) is 22.9 Å². The van der Waals surface area contributed by atoms with Gasteiger partial charge in [-0.15, -0.1) is 0 Å². The normalized spacial score (nSPS) is 20.7. The molecule has 3 aromatic carbocycles. The van der Waals surface area contributed by atoms with E-state index in [-0.39, 0.29) is 6.10 Å². The molecule has 0 radical (unpaired) electrons.